The molecule has 638 valence electrons. The van der Waals surface area contributed by atoms with Crippen LogP contribution in [-0.2, 0) is 89.5 Å². The molecule has 7 aromatic rings. The molecular formula is C85H123ClN10O18P2. The fraction of sp³-hybridized carbons (Fsp3) is 0.624. The third-order valence-corrected chi connectivity index (χ3v) is 23.6. The summed E-state index contributed by atoms with van der Waals surface area (Å²) in [6.45, 7) is 8.39. The summed E-state index contributed by atoms with van der Waals surface area (Å²) in [6, 6.07) is 36.7. The van der Waals surface area contributed by atoms with Gasteiger partial charge in [0.25, 0.3) is 0 Å². The van der Waals surface area contributed by atoms with Gasteiger partial charge in [-0.3, -0.25) is 18.1 Å². The van der Waals surface area contributed by atoms with Crippen LogP contribution in [0.5, 0.6) is 5.75 Å². The first-order valence-corrected chi connectivity index (χ1v) is 45.1. The number of aromatic nitrogens is 6. The summed E-state index contributed by atoms with van der Waals surface area (Å²) in [4.78, 5) is 18.5. The number of fused-ring (bicyclic) bond motifs is 3. The molecule has 0 bridgehead atoms. The molecule has 10 rings (SSSR count). The number of rotatable bonds is 56. The minimum atomic E-state index is -4.70. The van der Waals surface area contributed by atoms with E-state index in [1.54, 1.807) is 56.3 Å². The number of aliphatic hydroxyl groups is 2. The van der Waals surface area contributed by atoms with Crippen LogP contribution in [0.4, 0.5) is 11.6 Å². The predicted molar refractivity (Wildman–Crippen MR) is 441 cm³/mol. The van der Waals surface area contributed by atoms with E-state index in [2.05, 4.69) is 40.1 Å². The Balaban J connectivity index is 0.000000269. The molecule has 3 aliphatic heterocycles. The van der Waals surface area contributed by atoms with Gasteiger partial charge in [0.15, 0.2) is 17.4 Å². The van der Waals surface area contributed by atoms with Crippen molar-refractivity contribution in [3.05, 3.63) is 149 Å². The fourth-order valence-corrected chi connectivity index (χ4v) is 16.9. The van der Waals surface area contributed by atoms with Crippen LogP contribution in [0.15, 0.2) is 122 Å². The van der Waals surface area contributed by atoms with E-state index in [4.69, 9.17) is 83.6 Å². The standard InChI is InChI=1S/C47H65ClN5O9P.C38H58N5O9P/c1-4-5-6-7-8-9-10-11-12-13-14-15-16-22-29-56-37(31-55-30-36-23-18-17-19-24-36)32-57-63(54,62-40-26-21-20-25-38(40)48)58-33-41-43-44(61-46(2,3)60-43)47(34-49,59-41)42-28-27-39-45(50)51-35-52-53(39)42;1-2-3-4-5-6-7-8-9-10-11-12-13-14-18-23-49-31(25-48-24-30-19-16-15-17-20-30)26-50-53(46,47)51-27-33-35(44)36(45)38(28-39,52-33)34-22-21-32-37(40)41-29-42-43(32)34/h17-21,23-28,35,37,41,43-44H,4-16,22,29-33H2,1-3H3,(H2,50,51,52);15-17,19-22,29,31,33,35-36,44-45H,2-14,18,23-27H2,1H3,(H,46,47)(H2,40,41,42)/t37-,41-,43-,44-,47+,63?;31-,33-,35-,36-,38+/m11/s1. The summed E-state index contributed by atoms with van der Waals surface area (Å²) in [5.41, 5.74) is 11.5. The van der Waals surface area contributed by atoms with Gasteiger partial charge in [0.1, 0.15) is 90.4 Å². The Morgan fingerprint density at radius 2 is 0.940 bits per heavy atom. The van der Waals surface area contributed by atoms with Gasteiger partial charge in [-0.25, -0.2) is 28.1 Å². The van der Waals surface area contributed by atoms with Crippen LogP contribution in [0.3, 0.4) is 0 Å². The maximum atomic E-state index is 14.7. The van der Waals surface area contributed by atoms with Crippen molar-refractivity contribution in [2.24, 2.45) is 0 Å². The highest BCUT2D eigenvalue weighted by atomic mass is 35.5. The predicted octanol–water partition coefficient (Wildman–Crippen LogP) is 17.3. The number of halogens is 1. The van der Waals surface area contributed by atoms with Gasteiger partial charge < -0.3 is 69.0 Å². The van der Waals surface area contributed by atoms with Crippen LogP contribution in [0, 0.1) is 22.7 Å². The molecule has 2 unspecified atom stereocenters. The zero-order chi connectivity index (χ0) is 82.5. The normalized spacial score (nSPS) is 21.8. The number of unbranched alkanes of at least 4 members (excludes halogenated alkanes) is 26. The molecule has 28 nitrogen and oxygen atoms in total. The lowest BCUT2D eigenvalue weighted by atomic mass is 9.92. The number of nitrogens with zero attached hydrogens (tertiary/aromatic N) is 8. The molecule has 0 aliphatic carbocycles. The second-order valence-corrected chi connectivity index (χ2v) is 34.0. The molecule has 31 heteroatoms. The van der Waals surface area contributed by atoms with Crippen LogP contribution >= 0.6 is 27.2 Å². The Morgan fingerprint density at radius 1 is 0.517 bits per heavy atom. The summed E-state index contributed by atoms with van der Waals surface area (Å²) in [5, 5.41) is 51.3. The van der Waals surface area contributed by atoms with E-state index in [-0.39, 0.29) is 61.1 Å². The molecular weight excluding hydrogens is 1550 g/mol. The average molecular weight is 1670 g/mol. The number of hydrogen-bond donors (Lipinski definition) is 5. The Labute approximate surface area is 688 Å². The van der Waals surface area contributed by atoms with Gasteiger partial charge in [-0.1, -0.05) is 265 Å². The average Bonchev–Trinajstić information content (AvgIpc) is 1.56. The zero-order valence-electron chi connectivity index (χ0n) is 68.0. The molecule has 0 amide bonds. The third-order valence-electron chi connectivity index (χ3n) is 21.0. The molecule has 3 saturated heterocycles. The molecule has 0 spiro atoms. The van der Waals surface area contributed by atoms with Crippen LogP contribution in [0.1, 0.15) is 230 Å². The number of nitrogens with two attached hydrogens (primary N) is 2. The van der Waals surface area contributed by atoms with Crippen molar-refractivity contribution in [2.75, 3.05) is 64.3 Å². The second kappa shape index (κ2) is 48.6. The van der Waals surface area contributed by atoms with Crippen LogP contribution in [-0.4, -0.2) is 152 Å². The minimum Gasteiger partial charge on any atom is -0.402 e. The molecule has 3 fully saturated rings. The molecule has 12 atom stereocenters. The van der Waals surface area contributed by atoms with Gasteiger partial charge >= 0.3 is 15.6 Å². The molecule has 7 N–H and O–H groups in total. The van der Waals surface area contributed by atoms with E-state index < -0.39 is 88.1 Å². The third kappa shape index (κ3) is 28.3. The van der Waals surface area contributed by atoms with Gasteiger partial charge in [0, 0.05) is 13.2 Å². The molecule has 0 saturated carbocycles. The van der Waals surface area contributed by atoms with E-state index in [0.717, 1.165) is 49.7 Å². The lowest BCUT2D eigenvalue weighted by molar-refractivity contribution is -0.204. The van der Waals surface area contributed by atoms with Crippen molar-refractivity contribution in [3.63, 3.8) is 0 Å². The van der Waals surface area contributed by atoms with Crippen LogP contribution in [0.25, 0.3) is 11.0 Å². The Hall–Kier alpha value is -6.57. The number of phosphoric ester groups is 2. The minimum absolute atomic E-state index is 0.0934. The van der Waals surface area contributed by atoms with Gasteiger partial charge in [0.05, 0.1) is 69.3 Å². The maximum absolute atomic E-state index is 14.7. The van der Waals surface area contributed by atoms with Gasteiger partial charge in [0.2, 0.25) is 11.2 Å². The highest BCUT2D eigenvalue weighted by Crippen LogP contribution is 2.55. The monoisotopic (exact) mass is 1670 g/mol. The van der Waals surface area contributed by atoms with Crippen molar-refractivity contribution in [2.45, 2.75) is 287 Å². The number of phosphoric acid groups is 2. The van der Waals surface area contributed by atoms with Crippen molar-refractivity contribution in [1.82, 2.24) is 29.2 Å². The van der Waals surface area contributed by atoms with E-state index in [0.29, 0.717) is 43.2 Å². The van der Waals surface area contributed by atoms with Crippen molar-refractivity contribution in [1.29, 1.82) is 10.5 Å². The Morgan fingerprint density at radius 3 is 1.41 bits per heavy atom. The van der Waals surface area contributed by atoms with Crippen molar-refractivity contribution in [3.8, 4) is 17.9 Å². The summed E-state index contributed by atoms with van der Waals surface area (Å²) in [6.07, 6.45) is 28.8. The fourth-order valence-electron chi connectivity index (χ4n) is 14.6. The Kier molecular flexibility index (Phi) is 39.1. The number of nitriles is 2. The highest BCUT2D eigenvalue weighted by Gasteiger charge is 2.66. The number of ether oxygens (including phenoxy) is 8. The quantitative estimate of drug-likeness (QED) is 0.0175. The van der Waals surface area contributed by atoms with Gasteiger partial charge in [-0.05, 0) is 74.2 Å². The lowest BCUT2D eigenvalue weighted by Crippen LogP contribution is -2.41. The van der Waals surface area contributed by atoms with Crippen molar-refractivity contribution >= 4 is 49.9 Å². The lowest BCUT2D eigenvalue weighted by Gasteiger charge is -2.29. The molecule has 3 aliphatic rings. The smallest absolute Gasteiger partial charge is 0.402 e. The SMILES string of the molecule is CCCCCCCCCCCCCCCCO[C@H](COCc1ccccc1)COP(=O)(O)OC[C@H]1O[C@@](C#N)(c2ccc3c(N)ncnn23)[C@H](O)[C@@H]1O.CCCCCCCCCCCCCCCCO[C@H](COCc1ccccc1)COP(=O)(OC[C@H]1O[C@@](C#N)(c2ccc3c(N)ncnn23)[C@@H]2OC(C)(C)O[C@@H]21)Oc1ccccc1Cl. The number of para-hydroxylation sites is 1. The van der Waals surface area contributed by atoms with Crippen LogP contribution in [0.2, 0.25) is 5.02 Å². The highest BCUT2D eigenvalue weighted by molar-refractivity contribution is 7.49. The van der Waals surface area contributed by atoms with E-state index in [9.17, 15) is 34.8 Å². The number of aliphatic hydroxyl groups excluding tert-OH is 2. The van der Waals surface area contributed by atoms with Gasteiger partial charge in [-0.15, -0.1) is 0 Å². The number of benzene rings is 3. The summed E-state index contributed by atoms with van der Waals surface area (Å²) in [7, 11) is -9.19. The van der Waals surface area contributed by atoms with E-state index in [1.807, 2.05) is 66.7 Å². The largest absolute Gasteiger partial charge is 0.530 e. The molecule has 0 radical (unpaired) electrons. The topological polar surface area (TPSA) is 375 Å². The zero-order valence-corrected chi connectivity index (χ0v) is 70.6. The van der Waals surface area contributed by atoms with E-state index in [1.165, 1.54) is 169 Å². The second-order valence-electron chi connectivity index (χ2n) is 30.6. The maximum Gasteiger partial charge on any atom is 0.530 e. The first kappa shape index (κ1) is 93.3. The van der Waals surface area contributed by atoms with Crippen molar-refractivity contribution < 1.29 is 84.8 Å². The number of hydrogen-bond acceptors (Lipinski definition) is 25. The van der Waals surface area contributed by atoms with Crippen LogP contribution < -0.4 is 16.0 Å². The number of nitrogen functional groups attached to an aromatic ring is 2. The molecule has 4 aromatic heterocycles. The Bertz CT molecular complexity index is 4180. The summed E-state index contributed by atoms with van der Waals surface area (Å²) >= 11 is 6.48. The first-order chi connectivity index (χ1) is 56.3. The summed E-state index contributed by atoms with van der Waals surface area (Å²) < 4.78 is 108. The van der Waals surface area contributed by atoms with Gasteiger partial charge in [-0.2, -0.15) is 20.7 Å². The first-order valence-electron chi connectivity index (χ1n) is 41.8. The van der Waals surface area contributed by atoms with E-state index >= 15 is 0 Å². The molecule has 3 aromatic carbocycles. The summed E-state index contributed by atoms with van der Waals surface area (Å²) in [5.74, 6) is -0.632. The number of anilines is 2. The molecule has 116 heavy (non-hydrogen) atoms. The molecule has 7 heterocycles.